The molecule has 1 aromatic carbocycles. The van der Waals surface area contributed by atoms with Gasteiger partial charge in [-0.25, -0.2) is 9.78 Å². The van der Waals surface area contributed by atoms with E-state index in [1.807, 2.05) is 73.7 Å². The van der Waals surface area contributed by atoms with Crippen LogP contribution in [0.1, 0.15) is 22.8 Å². The monoisotopic (exact) mass is 599 g/mol. The molecular weight excluding hydrogens is 558 g/mol. The maximum Gasteiger partial charge on any atom is 0.319 e. The number of hydrogen-bond acceptors (Lipinski definition) is 8. The van der Waals surface area contributed by atoms with Crippen LogP contribution < -0.4 is 26.7 Å². The standard InChI is InChI=1S/C32H41N9O3/c1-6-41-29-25(28(42)27(30(41)34-16-18-39(2)3)31(43)35-17-19-40(4)5)13-14-26(38-29)23-9-11-24(12-10-23)37-32(44)36-21-22-8-7-15-33-20-22/h7-15,20,34H,6,16-19,21H2,1-5H3,(H,35,43)(H2,36,37,44). The van der Waals surface area contributed by atoms with E-state index in [1.54, 1.807) is 36.7 Å². The van der Waals surface area contributed by atoms with Gasteiger partial charge in [0.2, 0.25) is 5.43 Å². The molecule has 3 amide bonds. The van der Waals surface area contributed by atoms with Gasteiger partial charge >= 0.3 is 6.03 Å². The zero-order valence-corrected chi connectivity index (χ0v) is 26.0. The van der Waals surface area contributed by atoms with Crippen LogP contribution in [0.15, 0.2) is 65.7 Å². The molecule has 4 N–H and O–H groups in total. The predicted molar refractivity (Wildman–Crippen MR) is 175 cm³/mol. The number of benzene rings is 1. The van der Waals surface area contributed by atoms with Gasteiger partial charge in [0.1, 0.15) is 17.0 Å². The molecule has 0 saturated heterocycles. The lowest BCUT2D eigenvalue weighted by molar-refractivity contribution is 0.0950. The third-order valence-electron chi connectivity index (χ3n) is 6.96. The number of carbonyl (C=O) groups is 2. The van der Waals surface area contributed by atoms with E-state index in [0.29, 0.717) is 67.5 Å². The Bertz CT molecular complexity index is 1640. The van der Waals surface area contributed by atoms with Gasteiger partial charge in [-0.1, -0.05) is 18.2 Å². The van der Waals surface area contributed by atoms with Crippen LogP contribution in [0.3, 0.4) is 0 Å². The number of carbonyl (C=O) groups excluding carboxylic acids is 2. The molecule has 0 radical (unpaired) electrons. The van der Waals surface area contributed by atoms with Crippen molar-refractivity contribution in [3.05, 3.63) is 82.3 Å². The molecule has 4 rings (SSSR count). The van der Waals surface area contributed by atoms with E-state index < -0.39 is 5.91 Å². The van der Waals surface area contributed by atoms with Gasteiger partial charge in [0.25, 0.3) is 5.91 Å². The minimum absolute atomic E-state index is 0.0867. The number of fused-ring (bicyclic) bond motifs is 1. The Morgan fingerprint density at radius 2 is 1.64 bits per heavy atom. The second-order valence-corrected chi connectivity index (χ2v) is 10.9. The van der Waals surface area contributed by atoms with Crippen molar-refractivity contribution in [1.29, 1.82) is 0 Å². The number of amides is 3. The maximum absolute atomic E-state index is 13.8. The summed E-state index contributed by atoms with van der Waals surface area (Å²) < 4.78 is 1.89. The Morgan fingerprint density at radius 1 is 0.909 bits per heavy atom. The van der Waals surface area contributed by atoms with Crippen LogP contribution in [0.25, 0.3) is 22.3 Å². The highest BCUT2D eigenvalue weighted by Gasteiger charge is 2.23. The maximum atomic E-state index is 13.8. The molecule has 0 bridgehead atoms. The van der Waals surface area contributed by atoms with Crippen molar-refractivity contribution in [1.82, 2.24) is 35.0 Å². The molecule has 3 heterocycles. The summed E-state index contributed by atoms with van der Waals surface area (Å²) in [7, 11) is 7.78. The fourth-order valence-corrected chi connectivity index (χ4v) is 4.64. The fraction of sp³-hybridized carbons (Fsp3) is 0.344. The molecular formula is C32H41N9O3. The normalized spacial score (nSPS) is 11.2. The van der Waals surface area contributed by atoms with E-state index >= 15 is 0 Å². The van der Waals surface area contributed by atoms with Crippen LogP contribution in [0.4, 0.5) is 16.3 Å². The minimum atomic E-state index is -0.412. The van der Waals surface area contributed by atoms with Crippen LogP contribution in [-0.2, 0) is 13.1 Å². The molecule has 4 aromatic rings. The Morgan fingerprint density at radius 3 is 2.30 bits per heavy atom. The zero-order valence-electron chi connectivity index (χ0n) is 26.0. The van der Waals surface area contributed by atoms with Gasteiger partial charge in [-0.05, 0) is 71.0 Å². The zero-order chi connectivity index (χ0) is 31.6. The van der Waals surface area contributed by atoms with E-state index in [0.717, 1.165) is 11.1 Å². The molecule has 12 heteroatoms. The number of anilines is 2. The third kappa shape index (κ3) is 8.17. The van der Waals surface area contributed by atoms with E-state index in [4.69, 9.17) is 4.98 Å². The number of nitrogens with one attached hydrogen (secondary N) is 4. The molecule has 0 saturated carbocycles. The number of urea groups is 1. The average Bonchev–Trinajstić information content (AvgIpc) is 3.00. The van der Waals surface area contributed by atoms with Gasteiger partial charge in [-0.15, -0.1) is 0 Å². The van der Waals surface area contributed by atoms with Crippen molar-refractivity contribution in [2.45, 2.75) is 20.0 Å². The largest absolute Gasteiger partial charge is 0.369 e. The van der Waals surface area contributed by atoms with Crippen molar-refractivity contribution >= 4 is 34.5 Å². The first-order valence-electron chi connectivity index (χ1n) is 14.6. The van der Waals surface area contributed by atoms with Crippen molar-refractivity contribution in [3.63, 3.8) is 0 Å². The lowest BCUT2D eigenvalue weighted by Gasteiger charge is -2.21. The van der Waals surface area contributed by atoms with Crippen molar-refractivity contribution in [2.75, 3.05) is 65.0 Å². The molecule has 0 unspecified atom stereocenters. The molecule has 44 heavy (non-hydrogen) atoms. The first-order valence-corrected chi connectivity index (χ1v) is 14.6. The van der Waals surface area contributed by atoms with Crippen molar-refractivity contribution < 1.29 is 9.59 Å². The number of likely N-dealkylation sites (N-methyl/N-ethyl adjacent to an activating group) is 2. The highest BCUT2D eigenvalue weighted by atomic mass is 16.2. The van der Waals surface area contributed by atoms with Crippen LogP contribution in [0.5, 0.6) is 0 Å². The molecule has 0 aliphatic rings. The first kappa shape index (κ1) is 32.1. The molecule has 3 aromatic heterocycles. The molecule has 232 valence electrons. The van der Waals surface area contributed by atoms with E-state index in [9.17, 15) is 14.4 Å². The molecule has 0 atom stereocenters. The summed E-state index contributed by atoms with van der Waals surface area (Å²) in [6, 6.07) is 14.2. The smallest absolute Gasteiger partial charge is 0.319 e. The van der Waals surface area contributed by atoms with Gasteiger partial charge in [0, 0.05) is 62.9 Å². The lowest BCUT2D eigenvalue weighted by Crippen LogP contribution is -2.36. The highest BCUT2D eigenvalue weighted by molar-refractivity contribution is 6.02. The molecule has 0 aliphatic heterocycles. The SMILES string of the molecule is CCn1c(NCCN(C)C)c(C(=O)NCCN(C)C)c(=O)c2ccc(-c3ccc(NC(=O)NCc4cccnc4)cc3)nc21. The lowest BCUT2D eigenvalue weighted by atomic mass is 10.1. The summed E-state index contributed by atoms with van der Waals surface area (Å²) in [5.74, 6) is 0.0423. The van der Waals surface area contributed by atoms with Crippen LogP contribution in [0, 0.1) is 0 Å². The number of hydrogen-bond donors (Lipinski definition) is 4. The Kier molecular flexibility index (Phi) is 11.0. The van der Waals surface area contributed by atoms with Crippen LogP contribution >= 0.6 is 0 Å². The summed E-state index contributed by atoms with van der Waals surface area (Å²) >= 11 is 0. The number of aromatic nitrogens is 3. The Labute approximate surface area is 257 Å². The number of aryl methyl sites for hydroxylation is 1. The number of rotatable bonds is 13. The fourth-order valence-electron chi connectivity index (χ4n) is 4.64. The van der Waals surface area contributed by atoms with Gasteiger partial charge in [-0.3, -0.25) is 14.6 Å². The Balaban J connectivity index is 1.62. The van der Waals surface area contributed by atoms with E-state index in [-0.39, 0.29) is 17.0 Å². The van der Waals surface area contributed by atoms with Crippen LogP contribution in [0.2, 0.25) is 0 Å². The summed E-state index contributed by atoms with van der Waals surface area (Å²) in [5.41, 5.74) is 3.22. The highest BCUT2D eigenvalue weighted by Crippen LogP contribution is 2.25. The molecule has 12 nitrogen and oxygen atoms in total. The number of nitrogens with zero attached hydrogens (tertiary/aromatic N) is 5. The number of pyridine rings is 3. The van der Waals surface area contributed by atoms with E-state index in [2.05, 4.69) is 26.3 Å². The quantitative estimate of drug-likeness (QED) is 0.184. The van der Waals surface area contributed by atoms with Crippen LogP contribution in [-0.4, -0.2) is 90.6 Å². The summed E-state index contributed by atoms with van der Waals surface area (Å²) in [6.07, 6.45) is 3.39. The minimum Gasteiger partial charge on any atom is -0.369 e. The summed E-state index contributed by atoms with van der Waals surface area (Å²) in [4.78, 5) is 52.4. The summed E-state index contributed by atoms with van der Waals surface area (Å²) in [5, 5.41) is 12.3. The first-order chi connectivity index (χ1) is 21.2. The molecule has 0 aliphatic carbocycles. The van der Waals surface area contributed by atoms with Gasteiger partial charge in [0.05, 0.1) is 11.1 Å². The molecule has 0 fully saturated rings. The van der Waals surface area contributed by atoms with E-state index in [1.165, 1.54) is 0 Å². The second-order valence-electron chi connectivity index (χ2n) is 10.9. The third-order valence-corrected chi connectivity index (χ3v) is 6.96. The van der Waals surface area contributed by atoms with Gasteiger partial charge in [0.15, 0.2) is 0 Å². The molecule has 0 spiro atoms. The topological polar surface area (TPSA) is 137 Å². The summed E-state index contributed by atoms with van der Waals surface area (Å²) in [6.45, 7) is 5.15. The van der Waals surface area contributed by atoms with Crippen molar-refractivity contribution in [2.24, 2.45) is 0 Å². The second kappa shape index (κ2) is 15.1. The van der Waals surface area contributed by atoms with Gasteiger partial charge < -0.3 is 35.6 Å². The predicted octanol–water partition coefficient (Wildman–Crippen LogP) is 3.07. The Hall–Kier alpha value is -4.81. The average molecular weight is 600 g/mol. The van der Waals surface area contributed by atoms with Gasteiger partial charge in [-0.2, -0.15) is 0 Å². The van der Waals surface area contributed by atoms with Crippen molar-refractivity contribution in [3.8, 4) is 11.3 Å².